The molecule has 2 aromatic rings. The smallest absolute Gasteiger partial charge is 0.219 e. The van der Waals surface area contributed by atoms with E-state index >= 15 is 0 Å². The molecule has 88 valence electrons. The standard InChI is InChI=1S/C13H14N2O2/c1-9-11(8-16)10-4-2-3-5-12(10)15(9)7-6-13(14)17/h2-5,8H,6-7H2,1H3,(H2,14,17). The first-order valence-corrected chi connectivity index (χ1v) is 5.46. The van der Waals surface area contributed by atoms with Gasteiger partial charge in [0.2, 0.25) is 5.91 Å². The second-order valence-electron chi connectivity index (χ2n) is 4.00. The van der Waals surface area contributed by atoms with Crippen molar-refractivity contribution in [1.29, 1.82) is 0 Å². The fourth-order valence-electron chi connectivity index (χ4n) is 2.12. The SMILES string of the molecule is Cc1c(C=O)c2ccccc2n1CCC(N)=O. The first-order valence-electron chi connectivity index (χ1n) is 5.46. The van der Waals surface area contributed by atoms with Gasteiger partial charge in [-0.25, -0.2) is 0 Å². The maximum Gasteiger partial charge on any atom is 0.219 e. The van der Waals surface area contributed by atoms with Crippen molar-refractivity contribution in [3.63, 3.8) is 0 Å². The quantitative estimate of drug-likeness (QED) is 0.811. The molecule has 0 unspecified atom stereocenters. The minimum absolute atomic E-state index is 0.276. The van der Waals surface area contributed by atoms with Crippen LogP contribution < -0.4 is 5.73 Å². The van der Waals surface area contributed by atoms with Crippen LogP contribution in [0, 0.1) is 6.92 Å². The lowest BCUT2D eigenvalue weighted by Gasteiger charge is -2.06. The number of amides is 1. The van der Waals surface area contributed by atoms with Crippen molar-refractivity contribution >= 4 is 23.1 Å². The van der Waals surface area contributed by atoms with Gasteiger partial charge in [-0.15, -0.1) is 0 Å². The van der Waals surface area contributed by atoms with Crippen LogP contribution in [-0.4, -0.2) is 16.8 Å². The Kier molecular flexibility index (Phi) is 2.95. The molecule has 4 heteroatoms. The topological polar surface area (TPSA) is 65.1 Å². The van der Waals surface area contributed by atoms with E-state index in [1.54, 1.807) is 0 Å². The second kappa shape index (κ2) is 4.41. The van der Waals surface area contributed by atoms with Gasteiger partial charge in [0.1, 0.15) is 0 Å². The van der Waals surface area contributed by atoms with E-state index in [1.165, 1.54) is 0 Å². The number of fused-ring (bicyclic) bond motifs is 1. The summed E-state index contributed by atoms with van der Waals surface area (Å²) in [5.41, 5.74) is 7.68. The van der Waals surface area contributed by atoms with Gasteiger partial charge in [0, 0.05) is 35.1 Å². The van der Waals surface area contributed by atoms with Crippen molar-refractivity contribution in [3.8, 4) is 0 Å². The second-order valence-corrected chi connectivity index (χ2v) is 4.00. The lowest BCUT2D eigenvalue weighted by molar-refractivity contribution is -0.118. The molecule has 0 saturated heterocycles. The van der Waals surface area contributed by atoms with Gasteiger partial charge in [-0.3, -0.25) is 9.59 Å². The molecule has 0 spiro atoms. The van der Waals surface area contributed by atoms with Crippen molar-refractivity contribution < 1.29 is 9.59 Å². The highest BCUT2D eigenvalue weighted by Gasteiger charge is 2.12. The zero-order chi connectivity index (χ0) is 12.4. The molecule has 1 aromatic heterocycles. The maximum absolute atomic E-state index is 11.1. The van der Waals surface area contributed by atoms with Gasteiger partial charge in [-0.2, -0.15) is 0 Å². The molecule has 17 heavy (non-hydrogen) atoms. The van der Waals surface area contributed by atoms with Gasteiger partial charge in [0.25, 0.3) is 0 Å². The summed E-state index contributed by atoms with van der Waals surface area (Å²) in [6.45, 7) is 2.39. The highest BCUT2D eigenvalue weighted by atomic mass is 16.1. The van der Waals surface area contributed by atoms with Gasteiger partial charge in [-0.05, 0) is 13.0 Å². The molecular weight excluding hydrogens is 216 g/mol. The molecule has 2 N–H and O–H groups in total. The van der Waals surface area contributed by atoms with E-state index in [9.17, 15) is 9.59 Å². The molecule has 1 amide bonds. The molecule has 0 saturated carbocycles. The molecule has 2 rings (SSSR count). The first kappa shape index (κ1) is 11.4. The van der Waals surface area contributed by atoms with E-state index < -0.39 is 0 Å². The largest absolute Gasteiger partial charge is 0.370 e. The number of carbonyl (C=O) groups is 2. The number of para-hydroxylation sites is 1. The number of carbonyl (C=O) groups excluding carboxylic acids is 2. The minimum Gasteiger partial charge on any atom is -0.370 e. The molecule has 1 heterocycles. The molecule has 0 bridgehead atoms. The number of aldehydes is 1. The molecule has 0 radical (unpaired) electrons. The van der Waals surface area contributed by atoms with Gasteiger partial charge in [0.05, 0.1) is 0 Å². The van der Waals surface area contributed by atoms with Crippen LogP contribution in [-0.2, 0) is 11.3 Å². The van der Waals surface area contributed by atoms with Gasteiger partial charge >= 0.3 is 0 Å². The third kappa shape index (κ3) is 1.93. The van der Waals surface area contributed by atoms with Crippen molar-refractivity contribution in [2.45, 2.75) is 19.9 Å². The number of benzene rings is 1. The third-order valence-electron chi connectivity index (χ3n) is 2.98. The van der Waals surface area contributed by atoms with Crippen LogP contribution in [0.1, 0.15) is 22.5 Å². The number of rotatable bonds is 4. The fourth-order valence-corrected chi connectivity index (χ4v) is 2.12. The van der Waals surface area contributed by atoms with Gasteiger partial charge in [0.15, 0.2) is 6.29 Å². The van der Waals surface area contributed by atoms with Crippen molar-refractivity contribution in [2.75, 3.05) is 0 Å². The summed E-state index contributed by atoms with van der Waals surface area (Å²) in [7, 11) is 0. The summed E-state index contributed by atoms with van der Waals surface area (Å²) in [5.74, 6) is -0.338. The average Bonchev–Trinajstić information content (AvgIpc) is 2.58. The molecule has 0 aliphatic rings. The van der Waals surface area contributed by atoms with Crippen LogP contribution in [0.5, 0.6) is 0 Å². The number of hydrogen-bond acceptors (Lipinski definition) is 2. The number of aromatic nitrogens is 1. The summed E-state index contributed by atoms with van der Waals surface area (Å²) in [4.78, 5) is 21.9. The van der Waals surface area contributed by atoms with Crippen molar-refractivity contribution in [3.05, 3.63) is 35.5 Å². The molecule has 4 nitrogen and oxygen atoms in total. The van der Waals surface area contributed by atoms with E-state index in [-0.39, 0.29) is 12.3 Å². The highest BCUT2D eigenvalue weighted by Crippen LogP contribution is 2.24. The van der Waals surface area contributed by atoms with E-state index in [2.05, 4.69) is 0 Å². The Balaban J connectivity index is 2.57. The van der Waals surface area contributed by atoms with E-state index in [0.717, 1.165) is 22.9 Å². The Morgan fingerprint density at radius 2 is 2.12 bits per heavy atom. The zero-order valence-electron chi connectivity index (χ0n) is 9.64. The zero-order valence-corrected chi connectivity index (χ0v) is 9.64. The van der Waals surface area contributed by atoms with E-state index in [1.807, 2.05) is 35.8 Å². The van der Waals surface area contributed by atoms with Crippen LogP contribution in [0.2, 0.25) is 0 Å². The highest BCUT2D eigenvalue weighted by molar-refractivity contribution is 5.99. The maximum atomic E-state index is 11.1. The van der Waals surface area contributed by atoms with Crippen LogP contribution in [0.4, 0.5) is 0 Å². The monoisotopic (exact) mass is 230 g/mol. The number of primary amides is 1. The third-order valence-corrected chi connectivity index (χ3v) is 2.98. The summed E-state index contributed by atoms with van der Waals surface area (Å²) in [5, 5.41) is 0.921. The van der Waals surface area contributed by atoms with E-state index in [0.29, 0.717) is 12.1 Å². The first-order chi connectivity index (χ1) is 8.15. The summed E-state index contributed by atoms with van der Waals surface area (Å²) in [6.07, 6.45) is 1.14. The molecule has 0 fully saturated rings. The molecular formula is C13H14N2O2. The lowest BCUT2D eigenvalue weighted by Crippen LogP contribution is -2.14. The lowest BCUT2D eigenvalue weighted by atomic mass is 10.1. The van der Waals surface area contributed by atoms with Crippen molar-refractivity contribution in [2.24, 2.45) is 5.73 Å². The average molecular weight is 230 g/mol. The van der Waals surface area contributed by atoms with Crippen LogP contribution in [0.3, 0.4) is 0 Å². The van der Waals surface area contributed by atoms with Gasteiger partial charge < -0.3 is 10.3 Å². The Morgan fingerprint density at radius 1 is 1.41 bits per heavy atom. The molecule has 1 aromatic carbocycles. The minimum atomic E-state index is -0.338. The fraction of sp³-hybridized carbons (Fsp3) is 0.231. The Morgan fingerprint density at radius 3 is 2.76 bits per heavy atom. The summed E-state index contributed by atoms with van der Waals surface area (Å²) in [6, 6.07) is 7.66. The van der Waals surface area contributed by atoms with Crippen LogP contribution in [0.15, 0.2) is 24.3 Å². The Hall–Kier alpha value is -2.10. The summed E-state index contributed by atoms with van der Waals surface area (Å²) < 4.78 is 1.96. The van der Waals surface area contributed by atoms with Gasteiger partial charge in [-0.1, -0.05) is 18.2 Å². The predicted molar refractivity (Wildman–Crippen MR) is 65.9 cm³/mol. The molecule has 0 aliphatic carbocycles. The number of aryl methyl sites for hydroxylation is 1. The number of nitrogens with two attached hydrogens (primary N) is 1. The summed E-state index contributed by atoms with van der Waals surface area (Å²) >= 11 is 0. The van der Waals surface area contributed by atoms with Crippen molar-refractivity contribution in [1.82, 2.24) is 4.57 Å². The molecule has 0 aliphatic heterocycles. The number of nitrogens with zero attached hydrogens (tertiary/aromatic N) is 1. The Labute approximate surface area is 99.0 Å². The van der Waals surface area contributed by atoms with E-state index in [4.69, 9.17) is 5.73 Å². The van der Waals surface area contributed by atoms with Crippen LogP contribution in [0.25, 0.3) is 10.9 Å². The normalized spacial score (nSPS) is 10.6. The predicted octanol–water partition coefficient (Wildman–Crippen LogP) is 1.64. The Bertz CT molecular complexity index is 584. The molecule has 0 atom stereocenters. The number of hydrogen-bond donors (Lipinski definition) is 1. The van der Waals surface area contributed by atoms with Crippen LogP contribution >= 0.6 is 0 Å².